The Morgan fingerprint density at radius 1 is 1.47 bits per heavy atom. The molecule has 0 heterocycles. The van der Waals surface area contributed by atoms with Crippen LogP contribution in [0.1, 0.15) is 19.4 Å². The van der Waals surface area contributed by atoms with Gasteiger partial charge in [0.1, 0.15) is 5.02 Å². The van der Waals surface area contributed by atoms with Gasteiger partial charge in [-0.1, -0.05) is 25.4 Å². The highest BCUT2D eigenvalue weighted by molar-refractivity contribution is 6.33. The molecule has 0 spiro atoms. The first-order valence-corrected chi connectivity index (χ1v) is 6.12. The molecule has 1 atom stereocenters. The summed E-state index contributed by atoms with van der Waals surface area (Å²) >= 11 is 5.80. The lowest BCUT2D eigenvalue weighted by atomic mass is 10.0. The molecule has 7 heteroatoms. The van der Waals surface area contributed by atoms with Crippen LogP contribution in [0.3, 0.4) is 0 Å². The molecule has 0 saturated heterocycles. The lowest BCUT2D eigenvalue weighted by Crippen LogP contribution is -2.39. The maximum absolute atomic E-state index is 11.8. The van der Waals surface area contributed by atoms with Crippen molar-refractivity contribution in [2.24, 2.45) is 11.7 Å². The van der Waals surface area contributed by atoms with Gasteiger partial charge in [0.15, 0.2) is 0 Å². The monoisotopic (exact) mass is 285 g/mol. The molecule has 1 rings (SSSR count). The summed E-state index contributed by atoms with van der Waals surface area (Å²) in [6.07, 6.45) is 0. The summed E-state index contributed by atoms with van der Waals surface area (Å²) in [7, 11) is 0. The molecular weight excluding hydrogens is 270 g/mol. The van der Waals surface area contributed by atoms with Crippen LogP contribution in [0, 0.1) is 23.0 Å². The number of aryl methyl sites for hydroxylation is 1. The average Bonchev–Trinajstić information content (AvgIpc) is 2.31. The largest absolute Gasteiger partial charge is 0.324 e. The number of carbonyl (C=O) groups is 1. The van der Waals surface area contributed by atoms with Crippen molar-refractivity contribution in [2.45, 2.75) is 26.8 Å². The smallest absolute Gasteiger partial charge is 0.288 e. The predicted octanol–water partition coefficient (Wildman–Crippen LogP) is 2.48. The van der Waals surface area contributed by atoms with Crippen LogP contribution in [0.15, 0.2) is 12.1 Å². The van der Waals surface area contributed by atoms with E-state index >= 15 is 0 Å². The van der Waals surface area contributed by atoms with E-state index in [0.29, 0.717) is 11.3 Å². The van der Waals surface area contributed by atoms with Gasteiger partial charge in [0.25, 0.3) is 5.69 Å². The van der Waals surface area contributed by atoms with Gasteiger partial charge in [0.05, 0.1) is 11.0 Å². The third-order valence-electron chi connectivity index (χ3n) is 2.77. The number of benzene rings is 1. The number of nitrogens with two attached hydrogens (primary N) is 1. The second-order valence-corrected chi connectivity index (χ2v) is 5.04. The zero-order valence-electron chi connectivity index (χ0n) is 10.9. The van der Waals surface area contributed by atoms with Gasteiger partial charge in [0, 0.05) is 11.8 Å². The maximum atomic E-state index is 11.8. The van der Waals surface area contributed by atoms with E-state index in [4.69, 9.17) is 17.3 Å². The minimum Gasteiger partial charge on any atom is -0.324 e. The number of nitro groups is 1. The van der Waals surface area contributed by atoms with E-state index in [1.807, 2.05) is 13.8 Å². The van der Waals surface area contributed by atoms with Crippen molar-refractivity contribution in [3.8, 4) is 0 Å². The highest BCUT2D eigenvalue weighted by Crippen LogP contribution is 2.30. The first-order chi connectivity index (χ1) is 8.73. The van der Waals surface area contributed by atoms with Crippen LogP contribution < -0.4 is 11.1 Å². The Morgan fingerprint density at radius 3 is 2.53 bits per heavy atom. The van der Waals surface area contributed by atoms with Crippen molar-refractivity contribution in [1.29, 1.82) is 0 Å². The Morgan fingerprint density at radius 2 is 2.05 bits per heavy atom. The summed E-state index contributed by atoms with van der Waals surface area (Å²) in [5, 5.41) is 13.3. The fourth-order valence-electron chi connectivity index (χ4n) is 1.46. The average molecular weight is 286 g/mol. The van der Waals surface area contributed by atoms with Crippen LogP contribution in [0.5, 0.6) is 0 Å². The number of amides is 1. The number of anilines is 1. The fourth-order valence-corrected chi connectivity index (χ4v) is 1.69. The zero-order valence-corrected chi connectivity index (χ0v) is 11.7. The highest BCUT2D eigenvalue weighted by atomic mass is 35.5. The molecular formula is C12H16ClN3O3. The van der Waals surface area contributed by atoms with Crippen LogP contribution in [0.4, 0.5) is 11.4 Å². The van der Waals surface area contributed by atoms with E-state index in [2.05, 4.69) is 5.32 Å². The summed E-state index contributed by atoms with van der Waals surface area (Å²) in [5.41, 5.74) is 6.51. The van der Waals surface area contributed by atoms with Crippen LogP contribution in [-0.4, -0.2) is 16.9 Å². The van der Waals surface area contributed by atoms with Gasteiger partial charge >= 0.3 is 0 Å². The van der Waals surface area contributed by atoms with Crippen LogP contribution in [0.25, 0.3) is 0 Å². The van der Waals surface area contributed by atoms with Crippen LogP contribution >= 0.6 is 11.6 Å². The van der Waals surface area contributed by atoms with Gasteiger partial charge in [-0.25, -0.2) is 0 Å². The first-order valence-electron chi connectivity index (χ1n) is 5.75. The summed E-state index contributed by atoms with van der Waals surface area (Å²) < 4.78 is 0. The lowest BCUT2D eigenvalue weighted by molar-refractivity contribution is -0.384. The molecule has 104 valence electrons. The maximum Gasteiger partial charge on any atom is 0.288 e. The Labute approximate surface area is 116 Å². The topological polar surface area (TPSA) is 98.3 Å². The minimum atomic E-state index is -0.645. The lowest BCUT2D eigenvalue weighted by Gasteiger charge is -2.16. The summed E-state index contributed by atoms with van der Waals surface area (Å²) in [6.45, 7) is 5.32. The molecule has 0 fully saturated rings. The van der Waals surface area contributed by atoms with E-state index in [1.54, 1.807) is 6.92 Å². The minimum absolute atomic E-state index is 0.00572. The molecule has 6 nitrogen and oxygen atoms in total. The number of rotatable bonds is 4. The van der Waals surface area contributed by atoms with Gasteiger partial charge in [-0.15, -0.1) is 0 Å². The van der Waals surface area contributed by atoms with E-state index in [0.717, 1.165) is 0 Å². The summed E-state index contributed by atoms with van der Waals surface area (Å²) in [4.78, 5) is 22.0. The first kappa shape index (κ1) is 15.4. The molecule has 3 N–H and O–H groups in total. The molecule has 0 radical (unpaired) electrons. The molecule has 0 aliphatic heterocycles. The molecule has 0 saturated carbocycles. The van der Waals surface area contributed by atoms with Crippen molar-refractivity contribution in [1.82, 2.24) is 0 Å². The van der Waals surface area contributed by atoms with E-state index in [-0.39, 0.29) is 22.5 Å². The third-order valence-corrected chi connectivity index (χ3v) is 3.07. The summed E-state index contributed by atoms with van der Waals surface area (Å²) in [5.74, 6) is -0.350. The van der Waals surface area contributed by atoms with Crippen molar-refractivity contribution in [3.63, 3.8) is 0 Å². The van der Waals surface area contributed by atoms with Crippen molar-refractivity contribution in [2.75, 3.05) is 5.32 Å². The van der Waals surface area contributed by atoms with Crippen molar-refractivity contribution < 1.29 is 9.72 Å². The van der Waals surface area contributed by atoms with Crippen molar-refractivity contribution in [3.05, 3.63) is 32.8 Å². The highest BCUT2D eigenvalue weighted by Gasteiger charge is 2.20. The van der Waals surface area contributed by atoms with Crippen molar-refractivity contribution >= 4 is 28.9 Å². The number of nitro benzene ring substituents is 1. The quantitative estimate of drug-likeness (QED) is 0.656. The molecule has 19 heavy (non-hydrogen) atoms. The molecule has 0 aromatic heterocycles. The molecule has 1 aromatic carbocycles. The Hall–Kier alpha value is -1.66. The molecule has 1 aromatic rings. The summed E-state index contributed by atoms with van der Waals surface area (Å²) in [6, 6.07) is 2.03. The van der Waals surface area contributed by atoms with E-state index in [1.165, 1.54) is 12.1 Å². The Balaban J connectivity index is 3.01. The normalized spacial score (nSPS) is 12.3. The third kappa shape index (κ3) is 3.65. The predicted molar refractivity (Wildman–Crippen MR) is 74.3 cm³/mol. The number of carbonyl (C=O) groups excluding carboxylic acids is 1. The van der Waals surface area contributed by atoms with E-state index < -0.39 is 11.0 Å². The van der Waals surface area contributed by atoms with E-state index in [9.17, 15) is 14.9 Å². The van der Waals surface area contributed by atoms with Crippen LogP contribution in [-0.2, 0) is 4.79 Å². The SMILES string of the molecule is Cc1cc([N+](=O)[O-])c(Cl)cc1NC(=O)[C@@H](N)C(C)C. The zero-order chi connectivity index (χ0) is 14.7. The number of hydrogen-bond acceptors (Lipinski definition) is 4. The molecule has 1 amide bonds. The van der Waals surface area contributed by atoms with Gasteiger partial charge in [-0.05, 0) is 24.5 Å². The number of nitrogens with zero attached hydrogens (tertiary/aromatic N) is 1. The second-order valence-electron chi connectivity index (χ2n) is 4.63. The fraction of sp³-hybridized carbons (Fsp3) is 0.417. The second kappa shape index (κ2) is 5.99. The standard InChI is InChI=1S/C12H16ClN3O3/c1-6(2)11(14)12(17)15-9-5-8(13)10(16(18)19)4-7(9)3/h4-6,11H,14H2,1-3H3,(H,15,17)/t11-/m0/s1. The molecule has 0 bridgehead atoms. The van der Waals surface area contributed by atoms with Gasteiger partial charge in [0.2, 0.25) is 5.91 Å². The molecule has 0 aliphatic carbocycles. The van der Waals surface area contributed by atoms with Crippen LogP contribution in [0.2, 0.25) is 5.02 Å². The number of nitrogens with one attached hydrogen (secondary N) is 1. The van der Waals surface area contributed by atoms with Gasteiger partial charge < -0.3 is 11.1 Å². The molecule has 0 unspecified atom stereocenters. The molecule has 0 aliphatic rings. The number of hydrogen-bond donors (Lipinski definition) is 2. The van der Waals surface area contributed by atoms with Gasteiger partial charge in [-0.2, -0.15) is 0 Å². The number of halogens is 1. The van der Waals surface area contributed by atoms with Gasteiger partial charge in [-0.3, -0.25) is 14.9 Å². The Kier molecular flexibility index (Phi) is 4.85. The Bertz CT molecular complexity index is 517.